The SMILES string of the molecule is Cc1cc(O)cc2c3ccsc3c(=O)n(C)c12. The molecule has 4 heteroatoms. The van der Waals surface area contributed by atoms with Crippen molar-refractivity contribution in [3.8, 4) is 5.75 Å². The standard InChI is InChI=1S/C13H11NO2S/c1-7-5-8(15)6-10-9-3-4-17-12(9)13(16)14(2)11(7)10/h3-6,15H,1-2H3. The zero-order valence-electron chi connectivity index (χ0n) is 9.52. The summed E-state index contributed by atoms with van der Waals surface area (Å²) in [5.74, 6) is 0.237. The largest absolute Gasteiger partial charge is 0.508 e. The maximum atomic E-state index is 12.2. The van der Waals surface area contributed by atoms with Crippen LogP contribution in [0.5, 0.6) is 5.75 Å². The first kappa shape index (κ1) is 10.4. The average Bonchev–Trinajstić information content (AvgIpc) is 2.74. The van der Waals surface area contributed by atoms with E-state index in [0.29, 0.717) is 0 Å². The highest BCUT2D eigenvalue weighted by atomic mass is 32.1. The predicted octanol–water partition coefficient (Wildman–Crippen LogP) is 2.77. The molecule has 0 saturated heterocycles. The van der Waals surface area contributed by atoms with Crippen LogP contribution in [-0.4, -0.2) is 9.67 Å². The molecule has 0 radical (unpaired) electrons. The lowest BCUT2D eigenvalue weighted by atomic mass is 10.1. The molecular weight excluding hydrogens is 234 g/mol. The number of phenols is 1. The predicted molar refractivity (Wildman–Crippen MR) is 71.0 cm³/mol. The van der Waals surface area contributed by atoms with E-state index in [1.54, 1.807) is 23.7 Å². The fraction of sp³-hybridized carbons (Fsp3) is 0.154. The van der Waals surface area contributed by atoms with Crippen molar-refractivity contribution in [1.29, 1.82) is 0 Å². The van der Waals surface area contributed by atoms with E-state index in [4.69, 9.17) is 0 Å². The Morgan fingerprint density at radius 1 is 1.29 bits per heavy atom. The molecule has 0 spiro atoms. The molecular formula is C13H11NO2S. The van der Waals surface area contributed by atoms with Crippen molar-refractivity contribution in [3.63, 3.8) is 0 Å². The molecule has 1 aromatic carbocycles. The summed E-state index contributed by atoms with van der Waals surface area (Å²) in [7, 11) is 1.77. The fourth-order valence-electron chi connectivity index (χ4n) is 2.35. The number of fused-ring (bicyclic) bond motifs is 3. The Kier molecular flexibility index (Phi) is 2.03. The van der Waals surface area contributed by atoms with Crippen molar-refractivity contribution in [2.24, 2.45) is 7.05 Å². The molecule has 2 heterocycles. The first-order chi connectivity index (χ1) is 8.09. The average molecular weight is 245 g/mol. The van der Waals surface area contributed by atoms with Gasteiger partial charge in [-0.15, -0.1) is 11.3 Å². The van der Waals surface area contributed by atoms with Gasteiger partial charge in [-0.25, -0.2) is 0 Å². The van der Waals surface area contributed by atoms with E-state index >= 15 is 0 Å². The first-order valence-corrected chi connectivity index (χ1v) is 6.17. The van der Waals surface area contributed by atoms with Crippen LogP contribution in [0.2, 0.25) is 0 Å². The molecule has 0 amide bonds. The van der Waals surface area contributed by atoms with Gasteiger partial charge < -0.3 is 9.67 Å². The van der Waals surface area contributed by atoms with Gasteiger partial charge in [0.1, 0.15) is 10.4 Å². The lowest BCUT2D eigenvalue weighted by Gasteiger charge is -2.09. The van der Waals surface area contributed by atoms with E-state index in [1.165, 1.54) is 11.3 Å². The van der Waals surface area contributed by atoms with Gasteiger partial charge in [-0.2, -0.15) is 0 Å². The summed E-state index contributed by atoms with van der Waals surface area (Å²) in [6, 6.07) is 5.33. The van der Waals surface area contributed by atoms with Crippen LogP contribution in [0.4, 0.5) is 0 Å². The van der Waals surface area contributed by atoms with Crippen LogP contribution >= 0.6 is 11.3 Å². The van der Waals surface area contributed by atoms with E-state index in [1.807, 2.05) is 18.4 Å². The number of nitrogens with zero attached hydrogens (tertiary/aromatic N) is 1. The number of pyridine rings is 1. The number of hydrogen-bond donors (Lipinski definition) is 1. The Bertz CT molecular complexity index is 798. The van der Waals surface area contributed by atoms with Crippen LogP contribution in [0.1, 0.15) is 5.56 Å². The summed E-state index contributed by atoms with van der Waals surface area (Å²) in [6.07, 6.45) is 0. The van der Waals surface area contributed by atoms with Crippen LogP contribution in [0.25, 0.3) is 21.0 Å². The third-order valence-corrected chi connectivity index (χ3v) is 3.98. The molecule has 3 aromatic rings. The number of phenolic OH excluding ortho intramolecular Hbond substituents is 1. The van der Waals surface area contributed by atoms with Gasteiger partial charge in [-0.3, -0.25) is 4.79 Å². The third-order valence-electron chi connectivity index (χ3n) is 3.07. The van der Waals surface area contributed by atoms with Gasteiger partial charge >= 0.3 is 0 Å². The molecule has 86 valence electrons. The third kappa shape index (κ3) is 1.31. The van der Waals surface area contributed by atoms with Gasteiger partial charge in [0.2, 0.25) is 0 Å². The first-order valence-electron chi connectivity index (χ1n) is 5.29. The molecule has 3 rings (SSSR count). The topological polar surface area (TPSA) is 42.2 Å². The van der Waals surface area contributed by atoms with Crippen LogP contribution < -0.4 is 5.56 Å². The molecule has 3 nitrogen and oxygen atoms in total. The van der Waals surface area contributed by atoms with Crippen LogP contribution in [0, 0.1) is 6.92 Å². The number of rotatable bonds is 0. The van der Waals surface area contributed by atoms with Gasteiger partial charge in [-0.05, 0) is 36.1 Å². The quantitative estimate of drug-likeness (QED) is 0.661. The minimum absolute atomic E-state index is 0.0243. The molecule has 0 fully saturated rings. The van der Waals surface area contributed by atoms with Gasteiger partial charge in [0, 0.05) is 17.8 Å². The van der Waals surface area contributed by atoms with E-state index in [2.05, 4.69) is 0 Å². The normalized spacial score (nSPS) is 11.4. The second-order valence-corrected chi connectivity index (χ2v) is 5.10. The van der Waals surface area contributed by atoms with Crippen LogP contribution in [0.15, 0.2) is 28.4 Å². The number of hydrogen-bond acceptors (Lipinski definition) is 3. The number of aromatic hydroxyl groups is 1. The summed E-state index contributed by atoms with van der Waals surface area (Å²) in [6.45, 7) is 1.90. The molecule has 0 aliphatic carbocycles. The van der Waals surface area contributed by atoms with Gasteiger partial charge in [-0.1, -0.05) is 0 Å². The maximum Gasteiger partial charge on any atom is 0.268 e. The number of thiophene rings is 1. The highest BCUT2D eigenvalue weighted by molar-refractivity contribution is 7.17. The summed E-state index contributed by atoms with van der Waals surface area (Å²) < 4.78 is 2.40. The molecule has 0 saturated carbocycles. The van der Waals surface area contributed by atoms with Crippen LogP contribution in [0.3, 0.4) is 0 Å². The highest BCUT2D eigenvalue weighted by Gasteiger charge is 2.12. The Balaban J connectivity index is 2.75. The van der Waals surface area contributed by atoms with Gasteiger partial charge in [0.25, 0.3) is 5.56 Å². The van der Waals surface area contributed by atoms with Crippen molar-refractivity contribution in [2.45, 2.75) is 6.92 Å². The molecule has 1 N–H and O–H groups in total. The Morgan fingerprint density at radius 3 is 2.82 bits per heavy atom. The van der Waals surface area contributed by atoms with Crippen molar-refractivity contribution in [3.05, 3.63) is 39.5 Å². The van der Waals surface area contributed by atoms with Crippen LogP contribution in [-0.2, 0) is 7.05 Å². The second kappa shape index (κ2) is 3.34. The van der Waals surface area contributed by atoms with Gasteiger partial charge in [0.15, 0.2) is 0 Å². The Labute approximate surface area is 102 Å². The molecule has 17 heavy (non-hydrogen) atoms. The van der Waals surface area contributed by atoms with E-state index in [9.17, 15) is 9.90 Å². The minimum Gasteiger partial charge on any atom is -0.508 e. The lowest BCUT2D eigenvalue weighted by molar-refractivity contribution is 0.475. The molecule has 0 bridgehead atoms. The fourth-order valence-corrected chi connectivity index (χ4v) is 3.23. The van der Waals surface area contributed by atoms with Crippen molar-refractivity contribution in [2.75, 3.05) is 0 Å². The highest BCUT2D eigenvalue weighted by Crippen LogP contribution is 2.30. The monoisotopic (exact) mass is 245 g/mol. The summed E-state index contributed by atoms with van der Waals surface area (Å²) in [5.41, 5.74) is 1.82. The molecule has 0 atom stereocenters. The number of benzene rings is 1. The zero-order valence-corrected chi connectivity index (χ0v) is 10.3. The minimum atomic E-state index is 0.0243. The molecule has 2 aromatic heterocycles. The molecule has 0 aliphatic heterocycles. The van der Waals surface area contributed by atoms with E-state index in [-0.39, 0.29) is 11.3 Å². The maximum absolute atomic E-state index is 12.2. The number of aryl methyl sites for hydroxylation is 2. The van der Waals surface area contributed by atoms with Crippen molar-refractivity contribution < 1.29 is 5.11 Å². The Hall–Kier alpha value is -1.81. The van der Waals surface area contributed by atoms with Crippen molar-refractivity contribution >= 4 is 32.3 Å². The van der Waals surface area contributed by atoms with Gasteiger partial charge in [0.05, 0.1) is 5.52 Å². The second-order valence-electron chi connectivity index (χ2n) is 4.19. The van der Waals surface area contributed by atoms with E-state index < -0.39 is 0 Å². The molecule has 0 aliphatic rings. The Morgan fingerprint density at radius 2 is 2.06 bits per heavy atom. The number of aromatic nitrogens is 1. The van der Waals surface area contributed by atoms with Crippen molar-refractivity contribution in [1.82, 2.24) is 4.57 Å². The lowest BCUT2D eigenvalue weighted by Crippen LogP contribution is -2.16. The summed E-state index contributed by atoms with van der Waals surface area (Å²) >= 11 is 1.44. The smallest absolute Gasteiger partial charge is 0.268 e. The zero-order chi connectivity index (χ0) is 12.2. The molecule has 0 unspecified atom stereocenters. The van der Waals surface area contributed by atoms with E-state index in [0.717, 1.165) is 26.6 Å². The summed E-state index contributed by atoms with van der Waals surface area (Å²) in [5, 5.41) is 13.4. The summed E-state index contributed by atoms with van der Waals surface area (Å²) in [4.78, 5) is 12.2.